The van der Waals surface area contributed by atoms with Crippen LogP contribution in [0.15, 0.2) is 66.8 Å². The number of carbonyl (C=O) groups excluding carboxylic acids is 1. The van der Waals surface area contributed by atoms with E-state index in [1.165, 1.54) is 59.9 Å². The van der Waals surface area contributed by atoms with E-state index in [9.17, 15) is 4.79 Å². The summed E-state index contributed by atoms with van der Waals surface area (Å²) in [5.41, 5.74) is 7.29. The Morgan fingerprint density at radius 1 is 0.811 bits per heavy atom. The summed E-state index contributed by atoms with van der Waals surface area (Å²) in [5, 5.41) is 18.0. The molecule has 5 nitrogen and oxygen atoms in total. The summed E-state index contributed by atoms with van der Waals surface area (Å²) in [6.07, 6.45) is 11.6. The number of aliphatic hydroxyl groups excluding tert-OH is 2. The van der Waals surface area contributed by atoms with Crippen molar-refractivity contribution in [3.63, 3.8) is 0 Å². The lowest BCUT2D eigenvalue weighted by molar-refractivity contribution is -0.268. The van der Waals surface area contributed by atoms with Crippen molar-refractivity contribution in [3.8, 4) is 11.1 Å². The van der Waals surface area contributed by atoms with Gasteiger partial charge in [-0.2, -0.15) is 4.89 Å². The number of carbonyl (C=O) groups is 1. The minimum atomic E-state index is -0.737. The van der Waals surface area contributed by atoms with E-state index >= 15 is 0 Å². The second kappa shape index (κ2) is 17.7. The van der Waals surface area contributed by atoms with Gasteiger partial charge in [-0.1, -0.05) is 93.8 Å². The zero-order valence-corrected chi connectivity index (χ0v) is 22.5. The summed E-state index contributed by atoms with van der Waals surface area (Å²) < 4.78 is 0. The maximum atomic E-state index is 11.5. The van der Waals surface area contributed by atoms with E-state index in [1.807, 2.05) is 0 Å². The van der Waals surface area contributed by atoms with Crippen LogP contribution < -0.4 is 0 Å². The van der Waals surface area contributed by atoms with Crippen LogP contribution in [0.3, 0.4) is 0 Å². The molecule has 0 amide bonds. The molecule has 0 spiro atoms. The van der Waals surface area contributed by atoms with E-state index in [0.29, 0.717) is 6.42 Å². The number of unbranched alkanes of at least 4 members (excludes halogenated alkanes) is 4. The standard InChI is InChI=1S/C32H44O5/c1-4-5-6-7-8-14-30-22-28(13-10-21-36-37-32(35)26(3)24-34)17-20-31(30)29-18-15-27(16-19-29)12-9-11-25(2)23-33/h15-20,22,33-34H,2-14,21,23-24H2,1H3. The third-order valence-electron chi connectivity index (χ3n) is 6.51. The molecule has 0 saturated heterocycles. The number of aryl methyl sites for hydroxylation is 3. The molecule has 2 N–H and O–H groups in total. The molecule has 0 heterocycles. The second-order valence-corrected chi connectivity index (χ2v) is 9.67. The fourth-order valence-electron chi connectivity index (χ4n) is 4.24. The van der Waals surface area contributed by atoms with Crippen molar-refractivity contribution < 1.29 is 24.8 Å². The van der Waals surface area contributed by atoms with Gasteiger partial charge in [0.25, 0.3) is 0 Å². The molecule has 0 bridgehead atoms. The highest BCUT2D eigenvalue weighted by molar-refractivity contribution is 5.87. The van der Waals surface area contributed by atoms with Gasteiger partial charge in [-0.25, -0.2) is 4.79 Å². The number of rotatable bonds is 19. The van der Waals surface area contributed by atoms with Crippen molar-refractivity contribution in [1.29, 1.82) is 0 Å². The molecule has 0 saturated carbocycles. The highest BCUT2D eigenvalue weighted by atomic mass is 17.2. The molecular formula is C32H44O5. The molecule has 0 aliphatic heterocycles. The van der Waals surface area contributed by atoms with Gasteiger partial charge in [-0.3, -0.25) is 4.89 Å². The van der Waals surface area contributed by atoms with Gasteiger partial charge in [0.15, 0.2) is 0 Å². The van der Waals surface area contributed by atoms with Crippen LogP contribution >= 0.6 is 0 Å². The van der Waals surface area contributed by atoms with Gasteiger partial charge in [-0.05, 0) is 72.8 Å². The van der Waals surface area contributed by atoms with Gasteiger partial charge in [-0.15, -0.1) is 0 Å². The van der Waals surface area contributed by atoms with E-state index < -0.39 is 12.6 Å². The minimum Gasteiger partial charge on any atom is -0.392 e. The molecule has 5 heteroatoms. The van der Waals surface area contributed by atoms with Crippen molar-refractivity contribution in [2.45, 2.75) is 77.6 Å². The second-order valence-electron chi connectivity index (χ2n) is 9.67. The quantitative estimate of drug-likeness (QED) is 0.0726. The van der Waals surface area contributed by atoms with E-state index in [2.05, 4.69) is 67.4 Å². The van der Waals surface area contributed by atoms with Gasteiger partial charge in [0, 0.05) is 0 Å². The molecule has 0 aliphatic rings. The fourth-order valence-corrected chi connectivity index (χ4v) is 4.24. The Balaban J connectivity index is 2.01. The van der Waals surface area contributed by atoms with Crippen LogP contribution in [0.2, 0.25) is 0 Å². The predicted molar refractivity (Wildman–Crippen MR) is 150 cm³/mol. The van der Waals surface area contributed by atoms with Crippen molar-refractivity contribution >= 4 is 5.97 Å². The molecule has 0 fully saturated rings. The van der Waals surface area contributed by atoms with Crippen molar-refractivity contribution in [2.75, 3.05) is 19.8 Å². The maximum absolute atomic E-state index is 11.5. The average molecular weight is 509 g/mol. The summed E-state index contributed by atoms with van der Waals surface area (Å²) in [5.74, 6) is -0.737. The minimum absolute atomic E-state index is 0.0280. The van der Waals surface area contributed by atoms with Gasteiger partial charge in [0.2, 0.25) is 0 Å². The highest BCUT2D eigenvalue weighted by Crippen LogP contribution is 2.28. The van der Waals surface area contributed by atoms with Crippen LogP contribution in [0.1, 0.15) is 75.0 Å². The first-order valence-electron chi connectivity index (χ1n) is 13.6. The number of benzene rings is 2. The van der Waals surface area contributed by atoms with Crippen LogP contribution in [-0.2, 0) is 33.8 Å². The maximum Gasteiger partial charge on any atom is 0.370 e. The highest BCUT2D eigenvalue weighted by Gasteiger charge is 2.10. The van der Waals surface area contributed by atoms with Gasteiger partial charge >= 0.3 is 5.97 Å². The molecule has 37 heavy (non-hydrogen) atoms. The molecule has 0 unspecified atom stereocenters. The first kappa shape index (κ1) is 30.5. The zero-order valence-electron chi connectivity index (χ0n) is 22.5. The molecule has 2 aromatic rings. The molecule has 2 aromatic carbocycles. The Kier molecular flexibility index (Phi) is 14.6. The summed E-state index contributed by atoms with van der Waals surface area (Å²) in [7, 11) is 0. The summed E-state index contributed by atoms with van der Waals surface area (Å²) in [6, 6.07) is 15.6. The zero-order chi connectivity index (χ0) is 26.9. The molecule has 0 atom stereocenters. The van der Waals surface area contributed by atoms with Crippen LogP contribution in [0.5, 0.6) is 0 Å². The Morgan fingerprint density at radius 2 is 1.51 bits per heavy atom. The molecule has 0 aliphatic carbocycles. The van der Waals surface area contributed by atoms with Crippen LogP contribution in [0.25, 0.3) is 11.1 Å². The Labute approximate surface area is 222 Å². The van der Waals surface area contributed by atoms with Crippen LogP contribution in [0, 0.1) is 0 Å². The lowest BCUT2D eigenvalue weighted by atomic mass is 9.92. The predicted octanol–water partition coefficient (Wildman–Crippen LogP) is 6.69. The largest absolute Gasteiger partial charge is 0.392 e. The number of hydrogen-bond donors (Lipinski definition) is 2. The SMILES string of the molecule is C=C(CO)CCCc1ccc(-c2ccc(CCCOOC(=O)C(=C)CO)cc2CCCCCCC)cc1. The topological polar surface area (TPSA) is 76.0 Å². The third-order valence-corrected chi connectivity index (χ3v) is 6.51. The summed E-state index contributed by atoms with van der Waals surface area (Å²) in [6.45, 7) is 9.43. The normalized spacial score (nSPS) is 10.9. The van der Waals surface area contributed by atoms with Gasteiger partial charge in [0.1, 0.15) is 0 Å². The Hall–Kier alpha value is -2.73. The van der Waals surface area contributed by atoms with Gasteiger partial charge in [0.05, 0.1) is 25.4 Å². The van der Waals surface area contributed by atoms with Crippen molar-refractivity contribution in [2.24, 2.45) is 0 Å². The molecule has 2 rings (SSSR count). The number of aliphatic hydroxyl groups is 2. The van der Waals surface area contributed by atoms with Crippen molar-refractivity contribution in [3.05, 3.63) is 83.5 Å². The van der Waals surface area contributed by atoms with Crippen molar-refractivity contribution in [1.82, 2.24) is 0 Å². The molecule has 0 radical (unpaired) electrons. The lowest BCUT2D eigenvalue weighted by Gasteiger charge is -2.14. The Bertz CT molecular complexity index is 977. The molecule has 0 aromatic heterocycles. The Morgan fingerprint density at radius 3 is 2.22 bits per heavy atom. The monoisotopic (exact) mass is 508 g/mol. The average Bonchev–Trinajstić information content (AvgIpc) is 2.92. The van der Waals surface area contributed by atoms with Crippen LogP contribution in [0.4, 0.5) is 0 Å². The lowest BCUT2D eigenvalue weighted by Crippen LogP contribution is -2.11. The molecular weight excluding hydrogens is 464 g/mol. The van der Waals surface area contributed by atoms with Gasteiger partial charge < -0.3 is 10.2 Å². The van der Waals surface area contributed by atoms with E-state index in [0.717, 1.165) is 37.7 Å². The van der Waals surface area contributed by atoms with E-state index in [-0.39, 0.29) is 18.8 Å². The molecule has 202 valence electrons. The first-order valence-corrected chi connectivity index (χ1v) is 13.6. The fraction of sp³-hybridized carbons (Fsp3) is 0.469. The third kappa shape index (κ3) is 11.5. The summed E-state index contributed by atoms with van der Waals surface area (Å²) >= 11 is 0. The van der Waals surface area contributed by atoms with Crippen LogP contribution in [-0.4, -0.2) is 36.0 Å². The number of hydrogen-bond acceptors (Lipinski definition) is 5. The van der Waals surface area contributed by atoms with E-state index in [4.69, 9.17) is 15.1 Å². The smallest absolute Gasteiger partial charge is 0.370 e. The summed E-state index contributed by atoms with van der Waals surface area (Å²) in [4.78, 5) is 21.1. The van der Waals surface area contributed by atoms with E-state index in [1.54, 1.807) is 0 Å². The first-order chi connectivity index (χ1) is 18.0.